The van der Waals surface area contributed by atoms with Gasteiger partial charge in [0.15, 0.2) is 0 Å². The van der Waals surface area contributed by atoms with Crippen LogP contribution >= 0.6 is 0 Å². The smallest absolute Gasteiger partial charge is 0.145 e. The largest absolute Gasteiger partial charge is 0.382 e. The molecular weight excluding hydrogens is 393 g/mol. The molecule has 0 aliphatic heterocycles. The number of rotatable bonds is 6. The monoisotopic (exact) mass is 411 g/mol. The fourth-order valence-corrected chi connectivity index (χ4v) is 3.32. The third kappa shape index (κ3) is 4.14. The van der Waals surface area contributed by atoms with Crippen molar-refractivity contribution in [1.29, 1.82) is 10.5 Å². The van der Waals surface area contributed by atoms with E-state index in [1.165, 1.54) is 16.8 Å². The number of hydrogen-bond donors (Lipinski definition) is 2. The Morgan fingerprint density at radius 3 is 2.58 bits per heavy atom. The number of nitrogens with one attached hydrogen (secondary N) is 1. The average Bonchev–Trinajstić information content (AvgIpc) is 3.11. The van der Waals surface area contributed by atoms with E-state index in [9.17, 15) is 9.65 Å². The summed E-state index contributed by atoms with van der Waals surface area (Å²) in [5.74, 6) is 0.619. The molecule has 4 aromatic rings. The average molecular weight is 411 g/mol. The van der Waals surface area contributed by atoms with Crippen molar-refractivity contribution in [3.63, 3.8) is 0 Å². The molecule has 2 heterocycles. The highest BCUT2D eigenvalue weighted by molar-refractivity contribution is 5.81. The van der Waals surface area contributed by atoms with E-state index >= 15 is 0 Å². The van der Waals surface area contributed by atoms with Gasteiger partial charge in [-0.05, 0) is 67.4 Å². The van der Waals surface area contributed by atoms with E-state index in [0.717, 1.165) is 16.7 Å². The first-order chi connectivity index (χ1) is 15.1. The van der Waals surface area contributed by atoms with Crippen molar-refractivity contribution in [2.75, 3.05) is 17.6 Å². The van der Waals surface area contributed by atoms with E-state index in [2.05, 4.69) is 27.5 Å². The van der Waals surface area contributed by atoms with Crippen LogP contribution in [0.2, 0.25) is 0 Å². The minimum Gasteiger partial charge on any atom is -0.382 e. The van der Waals surface area contributed by atoms with Gasteiger partial charge in [0.1, 0.15) is 29.1 Å². The molecule has 2 aromatic heterocycles. The number of nitrogens with two attached hydrogens (primary N) is 1. The van der Waals surface area contributed by atoms with Gasteiger partial charge in [-0.2, -0.15) is 15.6 Å². The number of nitrogens with zero attached hydrogens (tertiary/aromatic N) is 5. The van der Waals surface area contributed by atoms with Gasteiger partial charge in [0.25, 0.3) is 0 Å². The molecule has 152 valence electrons. The minimum absolute atomic E-state index is 0.241. The Hall–Kier alpha value is -4.43. The molecule has 7 nitrogen and oxygen atoms in total. The SMILES string of the molecule is N#Cc1ccc2nc(NCCCc3nn(-c4ccc(F)cc4)c(N)c3C#N)ccc2c1. The molecule has 3 N–H and O–H groups in total. The highest BCUT2D eigenvalue weighted by Crippen LogP contribution is 2.22. The van der Waals surface area contributed by atoms with E-state index in [4.69, 9.17) is 11.0 Å². The summed E-state index contributed by atoms with van der Waals surface area (Å²) < 4.78 is 14.6. The van der Waals surface area contributed by atoms with E-state index < -0.39 is 0 Å². The van der Waals surface area contributed by atoms with Crippen molar-refractivity contribution in [3.05, 3.63) is 77.2 Å². The quantitative estimate of drug-likeness (QED) is 0.464. The number of pyridine rings is 1. The molecule has 0 saturated carbocycles. The zero-order chi connectivity index (χ0) is 21.8. The first kappa shape index (κ1) is 19.9. The van der Waals surface area contributed by atoms with Gasteiger partial charge in [-0.3, -0.25) is 0 Å². The van der Waals surface area contributed by atoms with Crippen molar-refractivity contribution >= 4 is 22.5 Å². The Morgan fingerprint density at radius 1 is 1.03 bits per heavy atom. The zero-order valence-electron chi connectivity index (χ0n) is 16.5. The van der Waals surface area contributed by atoms with Crippen LogP contribution < -0.4 is 11.1 Å². The molecule has 0 saturated heterocycles. The predicted molar refractivity (Wildman–Crippen MR) is 116 cm³/mol. The maximum absolute atomic E-state index is 13.2. The summed E-state index contributed by atoms with van der Waals surface area (Å²) in [5, 5.41) is 27.1. The fourth-order valence-electron chi connectivity index (χ4n) is 3.32. The van der Waals surface area contributed by atoms with Gasteiger partial charge < -0.3 is 11.1 Å². The Labute approximate surface area is 178 Å². The summed E-state index contributed by atoms with van der Waals surface area (Å²) in [4.78, 5) is 4.55. The van der Waals surface area contributed by atoms with Crippen LogP contribution in [0.4, 0.5) is 16.0 Å². The summed E-state index contributed by atoms with van der Waals surface area (Å²) in [6.07, 6.45) is 1.26. The lowest BCUT2D eigenvalue weighted by Crippen LogP contribution is -2.05. The van der Waals surface area contributed by atoms with Crippen LogP contribution in [0.5, 0.6) is 0 Å². The lowest BCUT2D eigenvalue weighted by Gasteiger charge is -2.06. The molecule has 31 heavy (non-hydrogen) atoms. The molecule has 0 bridgehead atoms. The molecule has 0 atom stereocenters. The number of hydrogen-bond acceptors (Lipinski definition) is 6. The fraction of sp³-hybridized carbons (Fsp3) is 0.130. The Bertz CT molecular complexity index is 1330. The van der Waals surface area contributed by atoms with Crippen molar-refractivity contribution in [3.8, 4) is 17.8 Å². The Kier molecular flexibility index (Phi) is 5.46. The number of benzene rings is 2. The third-order valence-electron chi connectivity index (χ3n) is 4.89. The molecule has 2 aromatic carbocycles. The third-order valence-corrected chi connectivity index (χ3v) is 4.89. The normalized spacial score (nSPS) is 10.5. The molecule has 0 amide bonds. The first-order valence-corrected chi connectivity index (χ1v) is 9.67. The van der Waals surface area contributed by atoms with Crippen LogP contribution in [0.3, 0.4) is 0 Å². The maximum Gasteiger partial charge on any atom is 0.145 e. The lowest BCUT2D eigenvalue weighted by atomic mass is 10.1. The highest BCUT2D eigenvalue weighted by atomic mass is 19.1. The molecule has 0 radical (unpaired) electrons. The number of halogens is 1. The van der Waals surface area contributed by atoms with E-state index in [1.807, 2.05) is 18.2 Å². The predicted octanol–water partition coefficient (Wildman–Crippen LogP) is 3.93. The van der Waals surface area contributed by atoms with Crippen LogP contribution in [0.1, 0.15) is 23.2 Å². The number of fused-ring (bicyclic) bond motifs is 1. The number of nitriles is 2. The summed E-state index contributed by atoms with van der Waals surface area (Å²) >= 11 is 0. The summed E-state index contributed by atoms with van der Waals surface area (Å²) in [6, 6.07) is 19.2. The second-order valence-electron chi connectivity index (χ2n) is 6.95. The van der Waals surface area contributed by atoms with Crippen molar-refractivity contribution in [1.82, 2.24) is 14.8 Å². The Morgan fingerprint density at radius 2 is 1.84 bits per heavy atom. The number of anilines is 2. The van der Waals surface area contributed by atoms with Gasteiger partial charge in [0.2, 0.25) is 0 Å². The number of aromatic nitrogens is 3. The molecule has 0 aliphatic rings. The van der Waals surface area contributed by atoms with Crippen LogP contribution in [0.25, 0.3) is 16.6 Å². The molecule has 0 aliphatic carbocycles. The van der Waals surface area contributed by atoms with Crippen molar-refractivity contribution < 1.29 is 4.39 Å². The topological polar surface area (TPSA) is 116 Å². The van der Waals surface area contributed by atoms with Crippen molar-refractivity contribution in [2.45, 2.75) is 12.8 Å². The number of aryl methyl sites for hydroxylation is 1. The summed E-state index contributed by atoms with van der Waals surface area (Å²) in [7, 11) is 0. The first-order valence-electron chi connectivity index (χ1n) is 9.67. The highest BCUT2D eigenvalue weighted by Gasteiger charge is 2.16. The van der Waals surface area contributed by atoms with Gasteiger partial charge in [0.05, 0.1) is 28.5 Å². The zero-order valence-corrected chi connectivity index (χ0v) is 16.5. The number of nitrogen functional groups attached to an aromatic ring is 1. The van der Waals surface area contributed by atoms with Crippen molar-refractivity contribution in [2.24, 2.45) is 0 Å². The van der Waals surface area contributed by atoms with Gasteiger partial charge in [-0.1, -0.05) is 0 Å². The molecule has 8 heteroatoms. The second kappa shape index (κ2) is 8.52. The standard InChI is InChI=1S/C23H18FN7/c24-17-5-7-18(8-6-17)31-23(27)19(14-26)21(30-31)2-1-11-28-22-10-4-16-12-15(13-25)3-9-20(16)29-22/h3-10,12H,1-2,11,27H2,(H,28,29). The van der Waals surface area contributed by atoms with Gasteiger partial charge in [-0.15, -0.1) is 0 Å². The Balaban J connectivity index is 1.42. The summed E-state index contributed by atoms with van der Waals surface area (Å²) in [5.41, 5.74) is 9.03. The van der Waals surface area contributed by atoms with E-state index in [0.29, 0.717) is 41.9 Å². The second-order valence-corrected chi connectivity index (χ2v) is 6.95. The lowest BCUT2D eigenvalue weighted by molar-refractivity contribution is 0.627. The van der Waals surface area contributed by atoms with Crippen LogP contribution in [-0.4, -0.2) is 21.3 Å². The van der Waals surface area contributed by atoms with Crippen LogP contribution in [-0.2, 0) is 6.42 Å². The molecular formula is C23H18FN7. The van der Waals surface area contributed by atoms with Gasteiger partial charge >= 0.3 is 0 Å². The molecule has 0 spiro atoms. The van der Waals surface area contributed by atoms with Gasteiger partial charge in [0, 0.05) is 11.9 Å². The van der Waals surface area contributed by atoms with E-state index in [1.54, 1.807) is 24.3 Å². The summed E-state index contributed by atoms with van der Waals surface area (Å²) in [6.45, 7) is 0.628. The maximum atomic E-state index is 13.2. The minimum atomic E-state index is -0.353. The molecule has 0 unspecified atom stereocenters. The van der Waals surface area contributed by atoms with Crippen LogP contribution in [0, 0.1) is 28.5 Å². The molecule has 4 rings (SSSR count). The molecule has 0 fully saturated rings. The van der Waals surface area contributed by atoms with E-state index in [-0.39, 0.29) is 11.6 Å². The van der Waals surface area contributed by atoms with Gasteiger partial charge in [-0.25, -0.2) is 14.1 Å². The van der Waals surface area contributed by atoms with Crippen LogP contribution in [0.15, 0.2) is 54.6 Å².